The number of fused-ring (bicyclic) bond motifs is 1. The van der Waals surface area contributed by atoms with Gasteiger partial charge in [-0.05, 0) is 80.2 Å². The van der Waals surface area contributed by atoms with Crippen LogP contribution in [0.2, 0.25) is 5.02 Å². The number of halogens is 1. The van der Waals surface area contributed by atoms with E-state index in [1.807, 2.05) is 34.9 Å². The van der Waals surface area contributed by atoms with Gasteiger partial charge in [0.05, 0.1) is 11.1 Å². The van der Waals surface area contributed by atoms with Crippen LogP contribution in [0.1, 0.15) is 37.7 Å². The number of carbonyl (C=O) groups excluding carboxylic acids is 1. The summed E-state index contributed by atoms with van der Waals surface area (Å²) in [4.78, 5) is 26.1. The van der Waals surface area contributed by atoms with Crippen molar-refractivity contribution in [2.45, 2.75) is 50.3 Å². The summed E-state index contributed by atoms with van der Waals surface area (Å²) in [6.45, 7) is 0.130. The molecule has 4 aliphatic rings. The Morgan fingerprint density at radius 2 is 1.82 bits per heavy atom. The van der Waals surface area contributed by atoms with E-state index in [4.69, 9.17) is 11.6 Å². The first kappa shape index (κ1) is 21.7. The maximum Gasteiger partial charge on any atom is 0.315 e. The van der Waals surface area contributed by atoms with Crippen molar-refractivity contribution in [1.29, 1.82) is 0 Å². The fourth-order valence-corrected chi connectivity index (χ4v) is 7.04. The van der Waals surface area contributed by atoms with Gasteiger partial charge in [-0.1, -0.05) is 29.8 Å². The smallest absolute Gasteiger partial charge is 0.315 e. The Morgan fingerprint density at radius 3 is 2.53 bits per heavy atom. The number of nitrogens with one attached hydrogen (secondary N) is 2. The van der Waals surface area contributed by atoms with Crippen LogP contribution in [0.4, 0.5) is 4.79 Å². The minimum Gasteiger partial charge on any atom is -0.390 e. The van der Waals surface area contributed by atoms with Gasteiger partial charge >= 0.3 is 6.03 Å². The van der Waals surface area contributed by atoms with E-state index in [0.29, 0.717) is 33.7 Å². The lowest BCUT2D eigenvalue weighted by atomic mass is 9.52. The van der Waals surface area contributed by atoms with E-state index in [9.17, 15) is 14.7 Å². The van der Waals surface area contributed by atoms with Crippen LogP contribution in [-0.4, -0.2) is 27.3 Å². The molecule has 0 saturated heterocycles. The molecule has 0 spiro atoms. The van der Waals surface area contributed by atoms with Crippen LogP contribution in [0.3, 0.4) is 0 Å². The lowest BCUT2D eigenvalue weighted by Crippen LogP contribution is -2.62. The van der Waals surface area contributed by atoms with E-state index >= 15 is 0 Å². The molecule has 4 bridgehead atoms. The zero-order valence-corrected chi connectivity index (χ0v) is 19.6. The minimum absolute atomic E-state index is 0.0940. The van der Waals surface area contributed by atoms with E-state index in [-0.39, 0.29) is 24.0 Å². The average Bonchev–Trinajstić information content (AvgIpc) is 2.80. The first-order valence-corrected chi connectivity index (χ1v) is 12.4. The van der Waals surface area contributed by atoms with E-state index < -0.39 is 5.60 Å². The molecule has 34 heavy (non-hydrogen) atoms. The van der Waals surface area contributed by atoms with Crippen LogP contribution in [0.25, 0.3) is 16.6 Å². The normalized spacial score (nSPS) is 29.4. The van der Waals surface area contributed by atoms with E-state index in [0.717, 1.165) is 43.3 Å². The molecule has 4 saturated carbocycles. The molecule has 0 radical (unpaired) electrons. The van der Waals surface area contributed by atoms with Gasteiger partial charge in [0.1, 0.15) is 0 Å². The molecule has 3 aromatic rings. The molecule has 7 rings (SSSR count). The highest BCUT2D eigenvalue weighted by Gasteiger charge is 2.55. The number of hydrogen-bond acceptors (Lipinski definition) is 3. The summed E-state index contributed by atoms with van der Waals surface area (Å²) >= 11 is 6.23. The number of urea groups is 1. The molecule has 1 heterocycles. The molecular weight excluding hydrogens is 450 g/mol. The maximum absolute atomic E-state index is 13.2. The number of hydrogen-bond donors (Lipinski definition) is 3. The molecule has 4 fully saturated rings. The van der Waals surface area contributed by atoms with Gasteiger partial charge in [-0.25, -0.2) is 4.79 Å². The van der Waals surface area contributed by atoms with Crippen molar-refractivity contribution in [3.05, 3.63) is 75.5 Å². The number of carbonyl (C=O) groups is 1. The Labute approximate surface area is 202 Å². The molecule has 2 amide bonds. The fraction of sp³-hybridized carbons (Fsp3) is 0.407. The van der Waals surface area contributed by atoms with Gasteiger partial charge in [-0.3, -0.25) is 4.79 Å². The molecular formula is C27H28ClN3O3. The van der Waals surface area contributed by atoms with Crippen LogP contribution in [0.5, 0.6) is 0 Å². The second-order valence-electron chi connectivity index (χ2n) is 10.4. The Kier molecular flexibility index (Phi) is 5.19. The number of aliphatic hydroxyl groups is 1. The lowest BCUT2D eigenvalue weighted by Gasteiger charge is -2.58. The summed E-state index contributed by atoms with van der Waals surface area (Å²) < 4.78 is 1.94. The molecule has 1 aromatic heterocycles. The summed E-state index contributed by atoms with van der Waals surface area (Å²) in [5.74, 6) is 1.26. The predicted molar refractivity (Wildman–Crippen MR) is 132 cm³/mol. The number of benzene rings is 2. The van der Waals surface area contributed by atoms with Crippen LogP contribution in [-0.2, 0) is 6.54 Å². The zero-order chi connectivity index (χ0) is 23.4. The van der Waals surface area contributed by atoms with Crippen LogP contribution in [0, 0.1) is 17.8 Å². The third-order valence-corrected chi connectivity index (χ3v) is 8.29. The highest BCUT2D eigenvalue weighted by Crippen LogP contribution is 2.55. The van der Waals surface area contributed by atoms with Gasteiger partial charge in [-0.15, -0.1) is 0 Å². The van der Waals surface area contributed by atoms with E-state index in [1.165, 1.54) is 0 Å². The van der Waals surface area contributed by atoms with Crippen LogP contribution >= 0.6 is 11.6 Å². The zero-order valence-electron chi connectivity index (χ0n) is 18.8. The number of amides is 2. The third-order valence-electron chi connectivity index (χ3n) is 8.05. The van der Waals surface area contributed by atoms with E-state index in [2.05, 4.69) is 10.6 Å². The molecule has 5 atom stereocenters. The quantitative estimate of drug-likeness (QED) is 0.521. The Hall–Kier alpha value is -2.83. The lowest BCUT2D eigenvalue weighted by molar-refractivity contribution is -0.136. The van der Waals surface area contributed by atoms with Gasteiger partial charge in [-0.2, -0.15) is 0 Å². The summed E-state index contributed by atoms with van der Waals surface area (Å²) in [5, 5.41) is 18.0. The number of rotatable bonds is 4. The third kappa shape index (κ3) is 3.79. The van der Waals surface area contributed by atoms with Gasteiger partial charge in [0.25, 0.3) is 0 Å². The van der Waals surface area contributed by atoms with E-state index in [1.54, 1.807) is 24.4 Å². The maximum atomic E-state index is 13.2. The molecule has 2 aromatic carbocycles. The second kappa shape index (κ2) is 8.14. The highest BCUT2D eigenvalue weighted by atomic mass is 35.5. The topological polar surface area (TPSA) is 83.4 Å². The Balaban J connectivity index is 1.23. The molecule has 6 nitrogen and oxygen atoms in total. The summed E-state index contributed by atoms with van der Waals surface area (Å²) in [7, 11) is 0. The molecule has 7 heteroatoms. The van der Waals surface area contributed by atoms with Crippen molar-refractivity contribution in [3.63, 3.8) is 0 Å². The second-order valence-corrected chi connectivity index (χ2v) is 10.8. The van der Waals surface area contributed by atoms with Crippen molar-refractivity contribution < 1.29 is 9.90 Å². The number of para-hydroxylation sites is 1. The van der Waals surface area contributed by atoms with Crippen molar-refractivity contribution in [3.8, 4) is 5.69 Å². The van der Waals surface area contributed by atoms with Crippen molar-refractivity contribution >= 4 is 28.5 Å². The standard InChI is InChI=1S/C27H28ClN3O3/c28-20-6-7-22-23(10-20)31(21-4-2-1-3-5-21)15-19(25(22)32)14-29-26(33)30-24-17-8-16-9-18(24)13-27(34,11-16)12-17/h1-7,10,15-18,24,34H,8-9,11-14H2,(H2,29,30,33)/t16-,17+,18-,24?,27?. The molecule has 4 aliphatic carbocycles. The summed E-state index contributed by atoms with van der Waals surface area (Å²) in [6, 6.07) is 14.8. The van der Waals surface area contributed by atoms with Gasteiger partial charge in [0.2, 0.25) is 0 Å². The molecule has 2 unspecified atom stereocenters. The van der Waals surface area contributed by atoms with Crippen LogP contribution in [0.15, 0.2) is 59.5 Å². The Bertz CT molecular complexity index is 1310. The SMILES string of the molecule is O=C(NCc1cn(-c2ccccc2)c2cc(Cl)ccc2c1=O)NC1[C@@H]2C[C@H]3C[C@H]1CC(O)(C3)C2. The first-order valence-electron chi connectivity index (χ1n) is 12.0. The first-order chi connectivity index (χ1) is 16.4. The molecule has 3 N–H and O–H groups in total. The molecule has 176 valence electrons. The monoisotopic (exact) mass is 477 g/mol. The Morgan fingerprint density at radius 1 is 1.09 bits per heavy atom. The van der Waals surface area contributed by atoms with Gasteiger partial charge < -0.3 is 20.3 Å². The van der Waals surface area contributed by atoms with Crippen molar-refractivity contribution in [1.82, 2.24) is 15.2 Å². The number of aromatic nitrogens is 1. The summed E-state index contributed by atoms with van der Waals surface area (Å²) in [5.41, 5.74) is 1.50. The highest BCUT2D eigenvalue weighted by molar-refractivity contribution is 6.31. The number of nitrogens with zero attached hydrogens (tertiary/aromatic N) is 1. The van der Waals surface area contributed by atoms with Gasteiger partial charge in [0, 0.05) is 40.4 Å². The van der Waals surface area contributed by atoms with Crippen molar-refractivity contribution in [2.75, 3.05) is 0 Å². The predicted octanol–water partition coefficient (Wildman–Crippen LogP) is 4.38. The molecule has 0 aliphatic heterocycles. The fourth-order valence-electron chi connectivity index (χ4n) is 6.88. The van der Waals surface area contributed by atoms with Crippen molar-refractivity contribution in [2.24, 2.45) is 17.8 Å². The largest absolute Gasteiger partial charge is 0.390 e. The summed E-state index contributed by atoms with van der Waals surface area (Å²) in [6.07, 6.45) is 6.42. The number of pyridine rings is 1. The average molecular weight is 478 g/mol. The van der Waals surface area contributed by atoms with Gasteiger partial charge in [0.15, 0.2) is 5.43 Å². The van der Waals surface area contributed by atoms with Crippen LogP contribution < -0.4 is 16.1 Å². The minimum atomic E-state index is -0.526.